The van der Waals surface area contributed by atoms with E-state index in [1.807, 2.05) is 0 Å². The second kappa shape index (κ2) is 9.84. The summed E-state index contributed by atoms with van der Waals surface area (Å²) in [6.07, 6.45) is 18.6. The van der Waals surface area contributed by atoms with Gasteiger partial charge in [-0.1, -0.05) is 58.3 Å². The lowest BCUT2D eigenvalue weighted by Crippen LogP contribution is -2.50. The minimum Gasteiger partial charge on any atom is -0.315 e. The minimum absolute atomic E-state index is 0.719. The molecule has 1 aliphatic carbocycles. The largest absolute Gasteiger partial charge is 0.315 e. The van der Waals surface area contributed by atoms with E-state index in [1.54, 1.807) is 0 Å². The Morgan fingerprint density at radius 1 is 0.810 bits per heavy atom. The van der Waals surface area contributed by atoms with Crippen LogP contribution in [0, 0.1) is 0 Å². The third-order valence-corrected chi connectivity index (χ3v) is 5.92. The average Bonchev–Trinajstić information content (AvgIpc) is 2.96. The zero-order valence-electron chi connectivity index (χ0n) is 14.6. The van der Waals surface area contributed by atoms with Crippen molar-refractivity contribution in [3.8, 4) is 0 Å². The molecule has 0 amide bonds. The molecular weight excluding hydrogens is 256 g/mol. The fraction of sp³-hybridized carbons (Fsp3) is 1.00. The van der Waals surface area contributed by atoms with E-state index < -0.39 is 0 Å². The number of hydrogen-bond acceptors (Lipinski definition) is 2. The molecule has 0 spiro atoms. The van der Waals surface area contributed by atoms with Gasteiger partial charge in [0.25, 0.3) is 0 Å². The van der Waals surface area contributed by atoms with Crippen LogP contribution in [0.5, 0.6) is 0 Å². The van der Waals surface area contributed by atoms with Gasteiger partial charge in [-0.05, 0) is 45.7 Å². The molecule has 2 fully saturated rings. The Labute approximate surface area is 133 Å². The smallest absolute Gasteiger partial charge is 0.0252 e. The third kappa shape index (κ3) is 5.25. The summed E-state index contributed by atoms with van der Waals surface area (Å²) < 4.78 is 0. The maximum atomic E-state index is 3.69. The van der Waals surface area contributed by atoms with E-state index in [4.69, 9.17) is 0 Å². The molecule has 3 atom stereocenters. The summed E-state index contributed by atoms with van der Waals surface area (Å²) >= 11 is 0. The van der Waals surface area contributed by atoms with Crippen molar-refractivity contribution in [2.45, 2.75) is 109 Å². The highest BCUT2D eigenvalue weighted by atomic mass is 15.2. The summed E-state index contributed by atoms with van der Waals surface area (Å²) in [5.74, 6) is 0. The predicted molar refractivity (Wildman–Crippen MR) is 92.8 cm³/mol. The van der Waals surface area contributed by atoms with Gasteiger partial charge in [-0.2, -0.15) is 0 Å². The lowest BCUT2D eigenvalue weighted by Gasteiger charge is -2.38. The van der Waals surface area contributed by atoms with Gasteiger partial charge < -0.3 is 5.32 Å². The normalized spacial score (nSPS) is 34.3. The summed E-state index contributed by atoms with van der Waals surface area (Å²) in [7, 11) is 2.19. The molecule has 1 saturated carbocycles. The fourth-order valence-electron chi connectivity index (χ4n) is 4.64. The van der Waals surface area contributed by atoms with Crippen LogP contribution in [0.4, 0.5) is 0 Å². The second-order valence-electron chi connectivity index (χ2n) is 7.31. The van der Waals surface area contributed by atoms with Gasteiger partial charge in [-0.25, -0.2) is 0 Å². The molecule has 1 N–H and O–H groups in total. The molecule has 1 saturated heterocycles. The molecule has 0 aromatic rings. The van der Waals surface area contributed by atoms with Gasteiger partial charge in [0.1, 0.15) is 0 Å². The predicted octanol–water partition coefficient (Wildman–Crippen LogP) is 4.73. The van der Waals surface area contributed by atoms with E-state index in [9.17, 15) is 0 Å². The van der Waals surface area contributed by atoms with Crippen molar-refractivity contribution in [3.63, 3.8) is 0 Å². The lowest BCUT2D eigenvalue weighted by molar-refractivity contribution is 0.125. The van der Waals surface area contributed by atoms with E-state index in [0.29, 0.717) is 0 Å². The van der Waals surface area contributed by atoms with Crippen LogP contribution in [0.25, 0.3) is 0 Å². The van der Waals surface area contributed by atoms with Crippen LogP contribution in [0.15, 0.2) is 0 Å². The molecule has 0 aromatic heterocycles. The first-order valence-corrected chi connectivity index (χ1v) is 9.79. The van der Waals surface area contributed by atoms with E-state index in [0.717, 1.165) is 18.1 Å². The number of hydrogen-bond donors (Lipinski definition) is 1. The van der Waals surface area contributed by atoms with Gasteiger partial charge in [-0.3, -0.25) is 4.90 Å². The van der Waals surface area contributed by atoms with Crippen molar-refractivity contribution in [1.82, 2.24) is 10.2 Å². The van der Waals surface area contributed by atoms with Gasteiger partial charge >= 0.3 is 0 Å². The summed E-state index contributed by atoms with van der Waals surface area (Å²) in [5, 5.41) is 3.69. The number of likely N-dealkylation sites (tertiary alicyclic amines) is 1. The Bertz CT molecular complexity index is 266. The zero-order chi connectivity index (χ0) is 14.9. The summed E-state index contributed by atoms with van der Waals surface area (Å²) in [6.45, 7) is 3.73. The number of nitrogens with zero attached hydrogens (tertiary/aromatic N) is 1. The molecule has 3 unspecified atom stereocenters. The SMILES string of the molecule is CCC1CCCN1C1CCCCCCCCCCC1NC. The number of rotatable bonds is 3. The van der Waals surface area contributed by atoms with Crippen LogP contribution in [0.1, 0.15) is 90.4 Å². The van der Waals surface area contributed by atoms with Crippen molar-refractivity contribution in [2.75, 3.05) is 13.6 Å². The molecule has 2 aliphatic rings. The first-order valence-electron chi connectivity index (χ1n) is 9.79. The van der Waals surface area contributed by atoms with Gasteiger partial charge in [-0.15, -0.1) is 0 Å². The molecule has 0 bridgehead atoms. The van der Waals surface area contributed by atoms with Crippen molar-refractivity contribution >= 4 is 0 Å². The van der Waals surface area contributed by atoms with Crippen molar-refractivity contribution in [1.29, 1.82) is 0 Å². The summed E-state index contributed by atoms with van der Waals surface area (Å²) in [6, 6.07) is 2.37. The molecule has 0 aromatic carbocycles. The summed E-state index contributed by atoms with van der Waals surface area (Å²) in [5.41, 5.74) is 0. The molecule has 2 nitrogen and oxygen atoms in total. The van der Waals surface area contributed by atoms with Gasteiger partial charge in [0.2, 0.25) is 0 Å². The van der Waals surface area contributed by atoms with Crippen LogP contribution in [0.2, 0.25) is 0 Å². The van der Waals surface area contributed by atoms with Crippen LogP contribution in [-0.4, -0.2) is 36.6 Å². The highest BCUT2D eigenvalue weighted by Crippen LogP contribution is 2.28. The van der Waals surface area contributed by atoms with Crippen LogP contribution in [-0.2, 0) is 0 Å². The molecule has 124 valence electrons. The topological polar surface area (TPSA) is 15.3 Å². The minimum atomic E-state index is 0.719. The highest BCUT2D eigenvalue weighted by Gasteiger charge is 2.33. The molecule has 1 aliphatic heterocycles. The standard InChI is InChI=1S/C19H38N2/c1-3-17-13-12-16-21(17)19-15-11-9-7-5-4-6-8-10-14-18(19)20-2/h17-20H,3-16H2,1-2H3. The fourth-order valence-corrected chi connectivity index (χ4v) is 4.64. The first kappa shape index (κ1) is 17.3. The molecule has 1 heterocycles. The molecule has 0 radical (unpaired) electrons. The van der Waals surface area contributed by atoms with E-state index in [-0.39, 0.29) is 0 Å². The molecule has 21 heavy (non-hydrogen) atoms. The zero-order valence-corrected chi connectivity index (χ0v) is 14.6. The molecule has 2 heteroatoms. The van der Waals surface area contributed by atoms with Gasteiger partial charge in [0.05, 0.1) is 0 Å². The van der Waals surface area contributed by atoms with Gasteiger partial charge in [0, 0.05) is 18.1 Å². The van der Waals surface area contributed by atoms with Crippen molar-refractivity contribution in [2.24, 2.45) is 0 Å². The van der Waals surface area contributed by atoms with E-state index in [2.05, 4.69) is 24.2 Å². The first-order chi connectivity index (χ1) is 10.4. The monoisotopic (exact) mass is 294 g/mol. The van der Waals surface area contributed by atoms with Crippen LogP contribution >= 0.6 is 0 Å². The Kier molecular flexibility index (Phi) is 8.10. The Hall–Kier alpha value is -0.0800. The Morgan fingerprint density at radius 3 is 2.05 bits per heavy atom. The molecule has 2 rings (SSSR count). The third-order valence-electron chi connectivity index (χ3n) is 5.92. The molecular formula is C19H38N2. The van der Waals surface area contributed by atoms with E-state index in [1.165, 1.54) is 90.0 Å². The Morgan fingerprint density at radius 2 is 1.43 bits per heavy atom. The van der Waals surface area contributed by atoms with Crippen molar-refractivity contribution in [3.05, 3.63) is 0 Å². The number of likely N-dealkylation sites (N-methyl/N-ethyl adjacent to an activating group) is 1. The summed E-state index contributed by atoms with van der Waals surface area (Å²) in [4.78, 5) is 2.88. The maximum absolute atomic E-state index is 3.69. The van der Waals surface area contributed by atoms with Crippen molar-refractivity contribution < 1.29 is 0 Å². The highest BCUT2D eigenvalue weighted by molar-refractivity contribution is 4.90. The quantitative estimate of drug-likeness (QED) is 0.809. The van der Waals surface area contributed by atoms with Crippen LogP contribution < -0.4 is 5.32 Å². The van der Waals surface area contributed by atoms with Crippen LogP contribution in [0.3, 0.4) is 0 Å². The average molecular weight is 295 g/mol. The maximum Gasteiger partial charge on any atom is 0.0252 e. The second-order valence-corrected chi connectivity index (χ2v) is 7.31. The van der Waals surface area contributed by atoms with E-state index >= 15 is 0 Å². The number of nitrogens with one attached hydrogen (secondary N) is 1. The Balaban J connectivity index is 1.99. The van der Waals surface area contributed by atoms with Gasteiger partial charge in [0.15, 0.2) is 0 Å². The lowest BCUT2D eigenvalue weighted by atomic mass is 9.92.